The van der Waals surface area contributed by atoms with Crippen LogP contribution in [0.15, 0.2) is 40.9 Å². The zero-order valence-electron chi connectivity index (χ0n) is 9.22. The van der Waals surface area contributed by atoms with Gasteiger partial charge in [0.1, 0.15) is 0 Å². The molecule has 2 aromatic carbocycles. The van der Waals surface area contributed by atoms with E-state index in [0.717, 1.165) is 20.9 Å². The van der Waals surface area contributed by atoms with Crippen LogP contribution in [0.5, 0.6) is 0 Å². The fourth-order valence-electron chi connectivity index (χ4n) is 1.83. The van der Waals surface area contributed by atoms with Crippen molar-refractivity contribution in [3.8, 4) is 5.69 Å². The molecule has 18 heavy (non-hydrogen) atoms. The highest BCUT2D eigenvalue weighted by Gasteiger charge is 2.07. The average molecular weight is 324 g/mol. The fourth-order valence-corrected chi connectivity index (χ4v) is 2.37. The average Bonchev–Trinajstić information content (AvgIpc) is 2.86. The van der Waals surface area contributed by atoms with E-state index in [1.807, 2.05) is 30.3 Å². The standard InChI is InChI=1S/C12H8BrClN4/c13-10-3-1-9-6-11(4-2-8(9)5-10)18-12(7-14)15-16-17-18/h1-6H,7H2. The lowest BCUT2D eigenvalue weighted by Crippen LogP contribution is -2.01. The van der Waals surface area contributed by atoms with Gasteiger partial charge in [-0.2, -0.15) is 4.68 Å². The zero-order valence-corrected chi connectivity index (χ0v) is 11.6. The van der Waals surface area contributed by atoms with Crippen molar-refractivity contribution >= 4 is 38.3 Å². The van der Waals surface area contributed by atoms with E-state index in [0.29, 0.717) is 5.82 Å². The molecule has 0 atom stereocenters. The minimum atomic E-state index is 0.283. The van der Waals surface area contributed by atoms with Crippen molar-refractivity contribution in [2.24, 2.45) is 0 Å². The third kappa shape index (κ3) is 2.00. The van der Waals surface area contributed by atoms with Crippen LogP contribution in [-0.2, 0) is 5.88 Å². The Labute approximate surface area is 117 Å². The first kappa shape index (κ1) is 11.6. The summed E-state index contributed by atoms with van der Waals surface area (Å²) in [5.74, 6) is 0.916. The van der Waals surface area contributed by atoms with Gasteiger partial charge in [0.05, 0.1) is 11.6 Å². The van der Waals surface area contributed by atoms with Crippen molar-refractivity contribution in [2.45, 2.75) is 5.88 Å². The number of fused-ring (bicyclic) bond motifs is 1. The molecule has 0 spiro atoms. The van der Waals surface area contributed by atoms with Gasteiger partial charge in [0.25, 0.3) is 0 Å². The summed E-state index contributed by atoms with van der Waals surface area (Å²) >= 11 is 9.25. The van der Waals surface area contributed by atoms with Crippen LogP contribution in [0.2, 0.25) is 0 Å². The second kappa shape index (κ2) is 4.66. The summed E-state index contributed by atoms with van der Waals surface area (Å²) in [5.41, 5.74) is 0.908. The number of halogens is 2. The molecule has 0 N–H and O–H groups in total. The maximum Gasteiger partial charge on any atom is 0.171 e. The molecule has 1 heterocycles. The van der Waals surface area contributed by atoms with E-state index in [2.05, 4.69) is 37.5 Å². The van der Waals surface area contributed by atoms with Gasteiger partial charge in [-0.05, 0) is 45.5 Å². The molecule has 0 amide bonds. The van der Waals surface area contributed by atoms with Crippen molar-refractivity contribution in [3.05, 3.63) is 46.7 Å². The zero-order chi connectivity index (χ0) is 12.5. The molecule has 0 aliphatic heterocycles. The molecule has 0 aliphatic rings. The van der Waals surface area contributed by atoms with Crippen LogP contribution < -0.4 is 0 Å². The highest BCUT2D eigenvalue weighted by molar-refractivity contribution is 9.10. The molecule has 1 aromatic heterocycles. The van der Waals surface area contributed by atoms with Gasteiger partial charge in [-0.1, -0.05) is 28.1 Å². The number of hydrogen-bond acceptors (Lipinski definition) is 3. The SMILES string of the molecule is ClCc1nnnn1-c1ccc2cc(Br)ccc2c1. The van der Waals surface area contributed by atoms with Crippen molar-refractivity contribution in [1.82, 2.24) is 20.2 Å². The fraction of sp³-hybridized carbons (Fsp3) is 0.0833. The van der Waals surface area contributed by atoms with E-state index in [9.17, 15) is 0 Å². The molecule has 3 aromatic rings. The Bertz CT molecular complexity index is 710. The van der Waals surface area contributed by atoms with Gasteiger partial charge >= 0.3 is 0 Å². The monoisotopic (exact) mass is 322 g/mol. The second-order valence-electron chi connectivity index (χ2n) is 3.82. The summed E-state index contributed by atoms with van der Waals surface area (Å²) in [7, 11) is 0. The highest BCUT2D eigenvalue weighted by Crippen LogP contribution is 2.22. The van der Waals surface area contributed by atoms with Gasteiger partial charge in [-0.3, -0.25) is 0 Å². The van der Waals surface area contributed by atoms with Gasteiger partial charge < -0.3 is 0 Å². The minimum Gasteiger partial charge on any atom is -0.196 e. The summed E-state index contributed by atoms with van der Waals surface area (Å²) in [5, 5.41) is 13.7. The van der Waals surface area contributed by atoms with Gasteiger partial charge in [-0.15, -0.1) is 16.7 Å². The molecule has 0 fully saturated rings. The molecular weight excluding hydrogens is 316 g/mol. The molecule has 0 aliphatic carbocycles. The smallest absolute Gasteiger partial charge is 0.171 e. The van der Waals surface area contributed by atoms with Gasteiger partial charge in [0, 0.05) is 4.47 Å². The van der Waals surface area contributed by atoms with Gasteiger partial charge in [0.2, 0.25) is 0 Å². The first-order valence-electron chi connectivity index (χ1n) is 5.31. The number of hydrogen-bond donors (Lipinski definition) is 0. The Morgan fingerprint density at radius 3 is 2.72 bits per heavy atom. The van der Waals surface area contributed by atoms with E-state index < -0.39 is 0 Å². The summed E-state index contributed by atoms with van der Waals surface area (Å²) in [6.07, 6.45) is 0. The Balaban J connectivity index is 2.16. The van der Waals surface area contributed by atoms with E-state index in [1.54, 1.807) is 4.68 Å². The second-order valence-corrected chi connectivity index (χ2v) is 5.00. The molecule has 3 rings (SSSR count). The molecular formula is C12H8BrClN4. The predicted molar refractivity (Wildman–Crippen MR) is 73.9 cm³/mol. The molecule has 6 heteroatoms. The molecule has 0 saturated carbocycles. The topological polar surface area (TPSA) is 43.6 Å². The summed E-state index contributed by atoms with van der Waals surface area (Å²) in [6.45, 7) is 0. The highest BCUT2D eigenvalue weighted by atomic mass is 79.9. The lowest BCUT2D eigenvalue weighted by atomic mass is 10.1. The van der Waals surface area contributed by atoms with Crippen LogP contribution >= 0.6 is 27.5 Å². The first-order valence-corrected chi connectivity index (χ1v) is 6.63. The van der Waals surface area contributed by atoms with E-state index in [-0.39, 0.29) is 5.88 Å². The van der Waals surface area contributed by atoms with Crippen molar-refractivity contribution in [1.29, 1.82) is 0 Å². The van der Waals surface area contributed by atoms with Gasteiger partial charge in [0.15, 0.2) is 5.82 Å². The maximum absolute atomic E-state index is 5.79. The third-order valence-corrected chi connectivity index (χ3v) is 3.42. The number of rotatable bonds is 2. The lowest BCUT2D eigenvalue weighted by Gasteiger charge is -2.05. The van der Waals surface area contributed by atoms with Crippen molar-refractivity contribution in [3.63, 3.8) is 0 Å². The summed E-state index contributed by atoms with van der Waals surface area (Å²) in [6, 6.07) is 12.2. The summed E-state index contributed by atoms with van der Waals surface area (Å²) in [4.78, 5) is 0. The Hall–Kier alpha value is -1.46. The van der Waals surface area contributed by atoms with Crippen LogP contribution in [0.3, 0.4) is 0 Å². The molecule has 90 valence electrons. The van der Waals surface area contributed by atoms with E-state index in [4.69, 9.17) is 11.6 Å². The largest absolute Gasteiger partial charge is 0.196 e. The van der Waals surface area contributed by atoms with Crippen LogP contribution in [0.25, 0.3) is 16.5 Å². The molecule has 0 bridgehead atoms. The molecule has 0 unspecified atom stereocenters. The maximum atomic E-state index is 5.79. The number of tetrazole rings is 1. The Morgan fingerprint density at radius 1 is 1.11 bits per heavy atom. The van der Waals surface area contributed by atoms with Crippen LogP contribution in [0.4, 0.5) is 0 Å². The normalized spacial score (nSPS) is 11.0. The van der Waals surface area contributed by atoms with E-state index >= 15 is 0 Å². The predicted octanol–water partition coefficient (Wildman–Crippen LogP) is 3.32. The molecule has 4 nitrogen and oxygen atoms in total. The molecule has 0 radical (unpaired) electrons. The van der Waals surface area contributed by atoms with Crippen LogP contribution in [0, 0.1) is 0 Å². The van der Waals surface area contributed by atoms with Crippen LogP contribution in [0.1, 0.15) is 5.82 Å². The lowest BCUT2D eigenvalue weighted by molar-refractivity contribution is 0.778. The Kier molecular flexibility index (Phi) is 3.01. The van der Waals surface area contributed by atoms with Crippen molar-refractivity contribution < 1.29 is 0 Å². The van der Waals surface area contributed by atoms with Gasteiger partial charge in [-0.25, -0.2) is 0 Å². The Morgan fingerprint density at radius 2 is 1.89 bits per heavy atom. The summed E-state index contributed by atoms with van der Waals surface area (Å²) < 4.78 is 2.71. The third-order valence-electron chi connectivity index (χ3n) is 2.68. The number of benzene rings is 2. The van der Waals surface area contributed by atoms with Crippen LogP contribution in [-0.4, -0.2) is 20.2 Å². The quantitative estimate of drug-likeness (QED) is 0.680. The minimum absolute atomic E-state index is 0.283. The number of aromatic nitrogens is 4. The first-order chi connectivity index (χ1) is 8.78. The van der Waals surface area contributed by atoms with E-state index in [1.165, 1.54) is 0 Å². The number of alkyl halides is 1. The van der Waals surface area contributed by atoms with Crippen molar-refractivity contribution in [2.75, 3.05) is 0 Å². The number of nitrogens with zero attached hydrogens (tertiary/aromatic N) is 4. The molecule has 0 saturated heterocycles.